The van der Waals surface area contributed by atoms with Crippen molar-refractivity contribution in [3.05, 3.63) is 41.7 Å². The lowest BCUT2D eigenvalue weighted by Gasteiger charge is -2.32. The van der Waals surface area contributed by atoms with E-state index in [1.807, 2.05) is 0 Å². The van der Waals surface area contributed by atoms with Crippen molar-refractivity contribution in [3.63, 3.8) is 0 Å². The van der Waals surface area contributed by atoms with Crippen molar-refractivity contribution >= 4 is 8.80 Å². The standard InChI is InChI=1S/C26H38F4OSi/c1-2-3-4-13-32-14-11-20(12-15-32)6-5-19-7-9-21(10-8-19)22-16-23(27)26(24(28)17-22)31-18-25(29)30/h16-21,32H,2-15H2,1H3. The van der Waals surface area contributed by atoms with Crippen molar-refractivity contribution in [1.82, 2.24) is 0 Å². The molecule has 1 aliphatic carbocycles. The Bertz CT molecular complexity index is 710. The van der Waals surface area contributed by atoms with Gasteiger partial charge in [-0.05, 0) is 61.1 Å². The predicted molar refractivity (Wildman–Crippen MR) is 125 cm³/mol. The molecular formula is C26H38F4OSi. The third-order valence-electron chi connectivity index (χ3n) is 7.77. The van der Waals surface area contributed by atoms with Crippen molar-refractivity contribution in [2.45, 2.75) is 102 Å². The zero-order valence-corrected chi connectivity index (χ0v) is 20.5. The maximum absolute atomic E-state index is 14.2. The van der Waals surface area contributed by atoms with Crippen LogP contribution in [-0.4, -0.2) is 8.80 Å². The van der Waals surface area contributed by atoms with Gasteiger partial charge in [-0.2, -0.15) is 8.78 Å². The van der Waals surface area contributed by atoms with E-state index in [2.05, 4.69) is 11.7 Å². The summed E-state index contributed by atoms with van der Waals surface area (Å²) in [6.07, 6.45) is 11.7. The maximum atomic E-state index is 14.2. The van der Waals surface area contributed by atoms with Gasteiger partial charge in [-0.1, -0.05) is 70.0 Å². The Hall–Kier alpha value is -1.30. The molecule has 2 fully saturated rings. The van der Waals surface area contributed by atoms with Gasteiger partial charge in [-0.3, -0.25) is 0 Å². The molecule has 0 amide bonds. The molecule has 1 heterocycles. The van der Waals surface area contributed by atoms with E-state index < -0.39 is 32.3 Å². The van der Waals surface area contributed by atoms with Crippen LogP contribution in [0.3, 0.4) is 0 Å². The first-order valence-electron chi connectivity index (χ1n) is 12.6. The minimum absolute atomic E-state index is 0.0630. The smallest absolute Gasteiger partial charge is 0.305 e. The van der Waals surface area contributed by atoms with Crippen LogP contribution in [0.15, 0.2) is 24.5 Å². The molecule has 0 bridgehead atoms. The highest BCUT2D eigenvalue weighted by atomic mass is 28.3. The highest BCUT2D eigenvalue weighted by molar-refractivity contribution is 6.58. The first-order valence-corrected chi connectivity index (χ1v) is 15.1. The molecule has 1 aromatic carbocycles. The molecule has 6 heteroatoms. The molecule has 180 valence electrons. The Morgan fingerprint density at radius 3 is 2.09 bits per heavy atom. The van der Waals surface area contributed by atoms with Gasteiger partial charge < -0.3 is 4.74 Å². The zero-order chi connectivity index (χ0) is 22.9. The molecular weight excluding hydrogens is 432 g/mol. The number of hydrogen-bond acceptors (Lipinski definition) is 1. The van der Waals surface area contributed by atoms with Crippen LogP contribution in [0, 0.1) is 23.5 Å². The molecule has 2 aliphatic rings. The Labute approximate surface area is 192 Å². The van der Waals surface area contributed by atoms with Gasteiger partial charge in [0.25, 0.3) is 0 Å². The molecule has 1 aliphatic heterocycles. The van der Waals surface area contributed by atoms with Gasteiger partial charge in [0, 0.05) is 8.80 Å². The summed E-state index contributed by atoms with van der Waals surface area (Å²) < 4.78 is 57.1. The van der Waals surface area contributed by atoms with Crippen molar-refractivity contribution < 1.29 is 22.3 Å². The van der Waals surface area contributed by atoms with E-state index in [0.717, 1.165) is 37.5 Å². The van der Waals surface area contributed by atoms with Crippen LogP contribution in [0.1, 0.15) is 89.0 Å². The predicted octanol–water partition coefficient (Wildman–Crippen LogP) is 8.96. The van der Waals surface area contributed by atoms with Gasteiger partial charge in [0.1, 0.15) is 0 Å². The largest absolute Gasteiger partial charge is 0.453 e. The van der Waals surface area contributed by atoms with Crippen molar-refractivity contribution in [2.24, 2.45) is 11.8 Å². The molecule has 0 unspecified atom stereocenters. The van der Waals surface area contributed by atoms with Crippen LogP contribution in [0.25, 0.3) is 0 Å². The second-order valence-corrected chi connectivity index (χ2v) is 13.5. The monoisotopic (exact) mass is 470 g/mol. The van der Waals surface area contributed by atoms with Gasteiger partial charge in [0.2, 0.25) is 0 Å². The van der Waals surface area contributed by atoms with E-state index in [0.29, 0.717) is 5.56 Å². The SMILES string of the molecule is CCCCC[SiH]1CCC(CCC2CCC(c3cc(F)c(OC=C(F)F)c(F)c3)CC2)CC1. The summed E-state index contributed by atoms with van der Waals surface area (Å²) in [6.45, 7) is 2.28. The number of unbranched alkanes of at least 4 members (excludes halogenated alkanes) is 2. The highest BCUT2D eigenvalue weighted by Crippen LogP contribution is 2.41. The summed E-state index contributed by atoms with van der Waals surface area (Å²) >= 11 is 0. The summed E-state index contributed by atoms with van der Waals surface area (Å²) in [6, 6.07) is 7.15. The number of rotatable bonds is 10. The topological polar surface area (TPSA) is 9.23 Å². The lowest BCUT2D eigenvalue weighted by Crippen LogP contribution is -2.22. The van der Waals surface area contributed by atoms with Gasteiger partial charge >= 0.3 is 6.08 Å². The first-order chi connectivity index (χ1) is 15.5. The van der Waals surface area contributed by atoms with E-state index in [-0.39, 0.29) is 12.2 Å². The van der Waals surface area contributed by atoms with Crippen LogP contribution in [0.2, 0.25) is 18.1 Å². The van der Waals surface area contributed by atoms with Crippen molar-refractivity contribution in [3.8, 4) is 5.75 Å². The summed E-state index contributed by atoms with van der Waals surface area (Å²) in [5, 5.41) is 0. The maximum Gasteiger partial charge on any atom is 0.305 e. The fourth-order valence-electron chi connectivity index (χ4n) is 5.78. The molecule has 32 heavy (non-hydrogen) atoms. The lowest BCUT2D eigenvalue weighted by atomic mass is 9.76. The third-order valence-corrected chi connectivity index (χ3v) is 11.3. The highest BCUT2D eigenvalue weighted by Gasteiger charge is 2.27. The van der Waals surface area contributed by atoms with Gasteiger partial charge in [-0.25, -0.2) is 8.78 Å². The second-order valence-electron chi connectivity index (χ2n) is 10.0. The lowest BCUT2D eigenvalue weighted by molar-refractivity contribution is 0.279. The summed E-state index contributed by atoms with van der Waals surface area (Å²) in [4.78, 5) is 0. The molecule has 0 atom stereocenters. The van der Waals surface area contributed by atoms with Gasteiger partial charge in [0.15, 0.2) is 23.6 Å². The third kappa shape index (κ3) is 7.63. The fraction of sp³-hybridized carbons (Fsp3) is 0.692. The van der Waals surface area contributed by atoms with Gasteiger partial charge in [-0.15, -0.1) is 0 Å². The molecule has 0 radical (unpaired) electrons. The molecule has 3 rings (SSSR count). The van der Waals surface area contributed by atoms with Crippen LogP contribution >= 0.6 is 0 Å². The Morgan fingerprint density at radius 1 is 0.938 bits per heavy atom. The van der Waals surface area contributed by atoms with Crippen LogP contribution < -0.4 is 4.74 Å². The zero-order valence-electron chi connectivity index (χ0n) is 19.4. The van der Waals surface area contributed by atoms with Crippen LogP contribution in [-0.2, 0) is 0 Å². The van der Waals surface area contributed by atoms with E-state index in [4.69, 9.17) is 0 Å². The second kappa shape index (κ2) is 12.8. The normalized spacial score (nSPS) is 26.0. The minimum atomic E-state index is -2.13. The van der Waals surface area contributed by atoms with E-state index >= 15 is 0 Å². The molecule has 1 saturated carbocycles. The number of ether oxygens (including phenoxy) is 1. The Balaban J connectivity index is 1.40. The average Bonchev–Trinajstić information content (AvgIpc) is 2.78. The average molecular weight is 471 g/mol. The Kier molecular flexibility index (Phi) is 10.1. The number of benzene rings is 1. The fourth-order valence-corrected chi connectivity index (χ4v) is 9.40. The molecule has 0 N–H and O–H groups in total. The summed E-state index contributed by atoms with van der Waals surface area (Å²) in [5.41, 5.74) is 0.613. The molecule has 1 aromatic rings. The quantitative estimate of drug-likeness (QED) is 0.143. The van der Waals surface area contributed by atoms with E-state index in [1.165, 1.54) is 57.1 Å². The molecule has 1 nitrogen and oxygen atoms in total. The molecule has 1 saturated heterocycles. The van der Waals surface area contributed by atoms with E-state index in [9.17, 15) is 17.6 Å². The summed E-state index contributed by atoms with van der Waals surface area (Å²) in [5.74, 6) is -0.843. The minimum Gasteiger partial charge on any atom is -0.453 e. The number of halogens is 4. The van der Waals surface area contributed by atoms with Crippen molar-refractivity contribution in [2.75, 3.05) is 0 Å². The van der Waals surface area contributed by atoms with Crippen molar-refractivity contribution in [1.29, 1.82) is 0 Å². The summed E-state index contributed by atoms with van der Waals surface area (Å²) in [7, 11) is -0.431. The van der Waals surface area contributed by atoms with Gasteiger partial charge in [0.05, 0.1) is 0 Å². The first kappa shape index (κ1) is 25.3. The Morgan fingerprint density at radius 2 is 1.53 bits per heavy atom. The number of hydrogen-bond donors (Lipinski definition) is 0. The molecule has 0 spiro atoms. The van der Waals surface area contributed by atoms with E-state index in [1.54, 1.807) is 18.1 Å². The van der Waals surface area contributed by atoms with Crippen LogP contribution in [0.5, 0.6) is 5.75 Å². The van der Waals surface area contributed by atoms with Crippen LogP contribution in [0.4, 0.5) is 17.6 Å². The molecule has 0 aromatic heterocycles.